The molecule has 1 unspecified atom stereocenters. The van der Waals surface area contributed by atoms with Crippen molar-refractivity contribution >= 4 is 11.6 Å². The van der Waals surface area contributed by atoms with Crippen molar-refractivity contribution < 1.29 is 9.90 Å². The normalized spacial score (nSPS) is 18.4. The van der Waals surface area contributed by atoms with Crippen LogP contribution in [0.15, 0.2) is 24.3 Å². The van der Waals surface area contributed by atoms with Gasteiger partial charge >= 0.3 is 0 Å². The summed E-state index contributed by atoms with van der Waals surface area (Å²) < 4.78 is 0. The van der Waals surface area contributed by atoms with Gasteiger partial charge in [0.25, 0.3) is 0 Å². The summed E-state index contributed by atoms with van der Waals surface area (Å²) in [4.78, 5) is 12.2. The first kappa shape index (κ1) is 16.0. The summed E-state index contributed by atoms with van der Waals surface area (Å²) in [5, 5.41) is 15.8. The van der Waals surface area contributed by atoms with E-state index in [1.54, 1.807) is 0 Å². The number of benzene rings is 1. The van der Waals surface area contributed by atoms with Crippen molar-refractivity contribution in [2.24, 2.45) is 5.41 Å². The van der Waals surface area contributed by atoms with Crippen LogP contribution in [0.5, 0.6) is 0 Å². The Bertz CT molecular complexity index is 464. The third-order valence-electron chi connectivity index (χ3n) is 4.50. The Hall–Kier alpha value is -1.39. The van der Waals surface area contributed by atoms with Crippen LogP contribution in [0.25, 0.3) is 0 Å². The number of rotatable bonds is 6. The molecule has 116 valence electrons. The molecule has 0 spiro atoms. The fourth-order valence-electron chi connectivity index (χ4n) is 2.87. The quantitative estimate of drug-likeness (QED) is 0.754. The second-order valence-electron chi connectivity index (χ2n) is 6.32. The van der Waals surface area contributed by atoms with Crippen LogP contribution in [-0.4, -0.2) is 30.2 Å². The molecule has 0 aliphatic heterocycles. The number of amides is 1. The Morgan fingerprint density at radius 3 is 2.48 bits per heavy atom. The minimum atomic E-state index is -0.268. The molecule has 1 aliphatic rings. The van der Waals surface area contributed by atoms with Gasteiger partial charge in [0.1, 0.15) is 0 Å². The number of hydrogen-bond donors (Lipinski definition) is 3. The molecule has 1 aromatic carbocycles. The van der Waals surface area contributed by atoms with Crippen LogP contribution in [0, 0.1) is 12.3 Å². The Kier molecular flexibility index (Phi) is 5.37. The highest BCUT2D eigenvalue weighted by Crippen LogP contribution is 2.36. The molecule has 21 heavy (non-hydrogen) atoms. The summed E-state index contributed by atoms with van der Waals surface area (Å²) in [6.07, 6.45) is 4.43. The van der Waals surface area contributed by atoms with Crippen molar-refractivity contribution in [2.45, 2.75) is 45.6 Å². The highest BCUT2D eigenvalue weighted by Gasteiger charge is 2.33. The standard InChI is InChI=1S/C17H26N2O2/c1-13-5-7-15(8-6-13)19-16(21)14(2)18-11-17(12-20)9-3-4-10-17/h5-8,14,18,20H,3-4,9-12H2,1-2H3,(H,19,21). The SMILES string of the molecule is Cc1ccc(NC(=O)C(C)NCC2(CO)CCCC2)cc1. The zero-order chi connectivity index (χ0) is 15.3. The molecule has 1 atom stereocenters. The lowest BCUT2D eigenvalue weighted by molar-refractivity contribution is -0.117. The van der Waals surface area contributed by atoms with Gasteiger partial charge in [0, 0.05) is 24.3 Å². The van der Waals surface area contributed by atoms with Crippen LogP contribution in [0.4, 0.5) is 5.69 Å². The van der Waals surface area contributed by atoms with Gasteiger partial charge in [0.15, 0.2) is 0 Å². The third kappa shape index (κ3) is 4.29. The van der Waals surface area contributed by atoms with E-state index in [1.165, 1.54) is 18.4 Å². The average Bonchev–Trinajstić information content (AvgIpc) is 2.96. The molecule has 0 bridgehead atoms. The number of hydrogen-bond acceptors (Lipinski definition) is 3. The fourth-order valence-corrected chi connectivity index (χ4v) is 2.87. The smallest absolute Gasteiger partial charge is 0.241 e. The van der Waals surface area contributed by atoms with E-state index in [0.29, 0.717) is 6.54 Å². The molecular weight excluding hydrogens is 264 g/mol. The van der Waals surface area contributed by atoms with Gasteiger partial charge in [0.2, 0.25) is 5.91 Å². The first-order chi connectivity index (χ1) is 10.0. The minimum absolute atomic E-state index is 0.0294. The van der Waals surface area contributed by atoms with E-state index in [2.05, 4.69) is 10.6 Å². The second kappa shape index (κ2) is 7.05. The van der Waals surface area contributed by atoms with E-state index in [4.69, 9.17) is 0 Å². The number of aliphatic hydroxyl groups excluding tert-OH is 1. The van der Waals surface area contributed by atoms with E-state index in [-0.39, 0.29) is 24.0 Å². The number of carbonyl (C=O) groups is 1. The lowest BCUT2D eigenvalue weighted by Gasteiger charge is -2.28. The summed E-state index contributed by atoms with van der Waals surface area (Å²) in [5.74, 6) is -0.0371. The van der Waals surface area contributed by atoms with Gasteiger partial charge in [-0.3, -0.25) is 4.79 Å². The molecule has 1 saturated carbocycles. The van der Waals surface area contributed by atoms with Crippen LogP contribution < -0.4 is 10.6 Å². The van der Waals surface area contributed by atoms with Crippen LogP contribution in [-0.2, 0) is 4.79 Å². The van der Waals surface area contributed by atoms with Gasteiger partial charge in [-0.25, -0.2) is 0 Å². The molecule has 2 rings (SSSR count). The molecule has 0 saturated heterocycles. The van der Waals surface area contributed by atoms with E-state index in [0.717, 1.165) is 18.5 Å². The van der Waals surface area contributed by atoms with Crippen LogP contribution in [0.2, 0.25) is 0 Å². The zero-order valence-electron chi connectivity index (χ0n) is 13.0. The molecule has 1 fully saturated rings. The molecule has 0 radical (unpaired) electrons. The summed E-state index contributed by atoms with van der Waals surface area (Å²) in [7, 11) is 0. The first-order valence-corrected chi connectivity index (χ1v) is 7.76. The number of aliphatic hydroxyl groups is 1. The average molecular weight is 290 g/mol. The van der Waals surface area contributed by atoms with E-state index >= 15 is 0 Å². The van der Waals surface area contributed by atoms with Crippen molar-refractivity contribution in [3.63, 3.8) is 0 Å². The predicted octanol–water partition coefficient (Wildman–Crippen LogP) is 2.46. The molecule has 0 heterocycles. The van der Waals surface area contributed by atoms with Crippen molar-refractivity contribution in [1.29, 1.82) is 0 Å². The summed E-state index contributed by atoms with van der Waals surface area (Å²) in [6.45, 7) is 4.79. The van der Waals surface area contributed by atoms with Crippen LogP contribution in [0.1, 0.15) is 38.2 Å². The van der Waals surface area contributed by atoms with Gasteiger partial charge in [-0.05, 0) is 38.8 Å². The molecule has 4 heteroatoms. The topological polar surface area (TPSA) is 61.4 Å². The van der Waals surface area contributed by atoms with Gasteiger partial charge in [-0.2, -0.15) is 0 Å². The number of aryl methyl sites for hydroxylation is 1. The lowest BCUT2D eigenvalue weighted by atomic mass is 9.87. The summed E-state index contributed by atoms with van der Waals surface area (Å²) in [6, 6.07) is 7.51. The monoisotopic (exact) mass is 290 g/mol. The Morgan fingerprint density at radius 1 is 1.29 bits per heavy atom. The van der Waals surface area contributed by atoms with Crippen LogP contribution >= 0.6 is 0 Å². The van der Waals surface area contributed by atoms with Gasteiger partial charge in [-0.15, -0.1) is 0 Å². The van der Waals surface area contributed by atoms with Crippen molar-refractivity contribution in [1.82, 2.24) is 5.32 Å². The number of nitrogens with one attached hydrogen (secondary N) is 2. The maximum absolute atomic E-state index is 12.2. The molecule has 3 N–H and O–H groups in total. The predicted molar refractivity (Wildman–Crippen MR) is 85.3 cm³/mol. The molecule has 1 aliphatic carbocycles. The van der Waals surface area contributed by atoms with Crippen molar-refractivity contribution in [2.75, 3.05) is 18.5 Å². The van der Waals surface area contributed by atoms with E-state index in [1.807, 2.05) is 38.1 Å². The highest BCUT2D eigenvalue weighted by molar-refractivity contribution is 5.94. The van der Waals surface area contributed by atoms with Crippen molar-refractivity contribution in [3.8, 4) is 0 Å². The highest BCUT2D eigenvalue weighted by atomic mass is 16.3. The first-order valence-electron chi connectivity index (χ1n) is 7.76. The van der Waals surface area contributed by atoms with E-state index < -0.39 is 0 Å². The summed E-state index contributed by atoms with van der Waals surface area (Å²) >= 11 is 0. The third-order valence-corrected chi connectivity index (χ3v) is 4.50. The lowest BCUT2D eigenvalue weighted by Crippen LogP contribution is -2.44. The van der Waals surface area contributed by atoms with E-state index in [9.17, 15) is 9.90 Å². The van der Waals surface area contributed by atoms with Gasteiger partial charge in [0.05, 0.1) is 6.04 Å². The second-order valence-corrected chi connectivity index (χ2v) is 6.32. The zero-order valence-corrected chi connectivity index (χ0v) is 13.0. The summed E-state index contributed by atoms with van der Waals surface area (Å²) in [5.41, 5.74) is 1.96. The molecule has 0 aromatic heterocycles. The number of carbonyl (C=O) groups excluding carboxylic acids is 1. The molecule has 4 nitrogen and oxygen atoms in total. The largest absolute Gasteiger partial charge is 0.396 e. The molecular formula is C17H26N2O2. The van der Waals surface area contributed by atoms with Crippen molar-refractivity contribution in [3.05, 3.63) is 29.8 Å². The Labute approximate surface area is 126 Å². The Morgan fingerprint density at radius 2 is 1.90 bits per heavy atom. The maximum Gasteiger partial charge on any atom is 0.241 e. The maximum atomic E-state index is 12.2. The molecule has 1 amide bonds. The Balaban J connectivity index is 1.83. The van der Waals surface area contributed by atoms with Gasteiger partial charge < -0.3 is 15.7 Å². The molecule has 1 aromatic rings. The van der Waals surface area contributed by atoms with Crippen LogP contribution in [0.3, 0.4) is 0 Å². The minimum Gasteiger partial charge on any atom is -0.396 e. The number of anilines is 1. The van der Waals surface area contributed by atoms with Gasteiger partial charge in [-0.1, -0.05) is 30.5 Å². The fraction of sp³-hybridized carbons (Fsp3) is 0.588.